The van der Waals surface area contributed by atoms with Crippen LogP contribution in [0.2, 0.25) is 10.0 Å². The van der Waals surface area contributed by atoms with E-state index in [1.165, 1.54) is 4.31 Å². The highest BCUT2D eigenvalue weighted by molar-refractivity contribution is 7.88. The number of hydrogen-bond donors (Lipinski definition) is 1. The van der Waals surface area contributed by atoms with Gasteiger partial charge in [0.25, 0.3) is 0 Å². The zero-order valence-corrected chi connectivity index (χ0v) is 16.1. The summed E-state index contributed by atoms with van der Waals surface area (Å²) >= 11 is 11.8. The summed E-state index contributed by atoms with van der Waals surface area (Å²) in [5.41, 5.74) is 0.785. The molecule has 1 aromatic rings. The van der Waals surface area contributed by atoms with Crippen molar-refractivity contribution in [2.24, 2.45) is 0 Å². The zero-order valence-electron chi connectivity index (χ0n) is 13.8. The maximum absolute atomic E-state index is 11.8. The van der Waals surface area contributed by atoms with Crippen molar-refractivity contribution in [3.63, 3.8) is 0 Å². The molecule has 0 saturated heterocycles. The number of nitrogens with zero attached hydrogens (tertiary/aromatic N) is 1. The average Bonchev–Trinajstić information content (AvgIpc) is 2.46. The first kappa shape index (κ1) is 21.9. The molecule has 0 unspecified atom stereocenters. The van der Waals surface area contributed by atoms with Gasteiger partial charge < -0.3 is 9.84 Å². The predicted molar refractivity (Wildman–Crippen MR) is 99.6 cm³/mol. The van der Waals surface area contributed by atoms with Crippen LogP contribution in [0.1, 0.15) is 18.4 Å². The number of carbonyl (C=O) groups is 1. The minimum Gasteiger partial charge on any atom is -0.480 e. The molecule has 0 aliphatic carbocycles. The Bertz CT molecular complexity index is 686. The van der Waals surface area contributed by atoms with Crippen LogP contribution in [0.5, 0.6) is 0 Å². The molecule has 0 heterocycles. The SMILES string of the molecule is CS(=O)(=O)N(C/C=C/c1cc(Cl)cc(Cl)c1)CCCCOCC(=O)O. The number of carboxylic acids is 1. The van der Waals surface area contributed by atoms with E-state index < -0.39 is 16.0 Å². The van der Waals surface area contributed by atoms with Crippen LogP contribution in [0.25, 0.3) is 6.08 Å². The average molecular weight is 410 g/mol. The van der Waals surface area contributed by atoms with Gasteiger partial charge in [0.2, 0.25) is 10.0 Å². The smallest absolute Gasteiger partial charge is 0.329 e. The first-order valence-corrected chi connectivity index (χ1v) is 10.2. The highest BCUT2D eigenvalue weighted by Crippen LogP contribution is 2.20. The molecule has 1 aromatic carbocycles. The molecule has 0 bridgehead atoms. The van der Waals surface area contributed by atoms with Gasteiger partial charge >= 0.3 is 5.97 Å². The lowest BCUT2D eigenvalue weighted by atomic mass is 10.2. The van der Waals surface area contributed by atoms with Gasteiger partial charge in [0.05, 0.1) is 6.26 Å². The van der Waals surface area contributed by atoms with Crippen LogP contribution in [0, 0.1) is 0 Å². The van der Waals surface area contributed by atoms with E-state index >= 15 is 0 Å². The molecule has 0 amide bonds. The number of sulfonamides is 1. The lowest BCUT2D eigenvalue weighted by Gasteiger charge is -2.18. The van der Waals surface area contributed by atoms with Crippen LogP contribution in [-0.2, 0) is 19.6 Å². The van der Waals surface area contributed by atoms with Crippen LogP contribution in [0.15, 0.2) is 24.3 Å². The topological polar surface area (TPSA) is 83.9 Å². The fraction of sp³-hybridized carbons (Fsp3) is 0.438. The normalized spacial score (nSPS) is 12.2. The number of carboxylic acid groups (broad SMARTS) is 1. The number of unbranched alkanes of at least 4 members (excludes halogenated alkanes) is 1. The van der Waals surface area contributed by atoms with Crippen molar-refractivity contribution in [2.45, 2.75) is 12.8 Å². The minimum absolute atomic E-state index is 0.221. The number of rotatable bonds is 11. The van der Waals surface area contributed by atoms with Gasteiger partial charge in [0.15, 0.2) is 0 Å². The highest BCUT2D eigenvalue weighted by Gasteiger charge is 2.14. The van der Waals surface area contributed by atoms with E-state index in [9.17, 15) is 13.2 Å². The summed E-state index contributed by atoms with van der Waals surface area (Å²) in [6.07, 6.45) is 5.78. The van der Waals surface area contributed by atoms with Crippen molar-refractivity contribution in [1.29, 1.82) is 0 Å². The molecular weight excluding hydrogens is 389 g/mol. The number of halogens is 2. The zero-order chi connectivity index (χ0) is 18.9. The summed E-state index contributed by atoms with van der Waals surface area (Å²) in [6, 6.07) is 5.08. The maximum Gasteiger partial charge on any atom is 0.329 e. The number of ether oxygens (including phenoxy) is 1. The summed E-state index contributed by atoms with van der Waals surface area (Å²) < 4.78 is 29.9. The Kier molecular flexibility index (Phi) is 9.45. The molecule has 0 atom stereocenters. The Morgan fingerprint density at radius 1 is 1.24 bits per heavy atom. The molecule has 0 spiro atoms. The van der Waals surface area contributed by atoms with E-state index in [1.807, 2.05) is 0 Å². The van der Waals surface area contributed by atoms with E-state index in [-0.39, 0.29) is 19.8 Å². The monoisotopic (exact) mass is 409 g/mol. The molecule has 0 saturated carbocycles. The van der Waals surface area contributed by atoms with Crippen molar-refractivity contribution in [2.75, 3.05) is 32.6 Å². The molecule has 0 fully saturated rings. The Morgan fingerprint density at radius 3 is 2.44 bits per heavy atom. The lowest BCUT2D eigenvalue weighted by molar-refractivity contribution is -0.142. The van der Waals surface area contributed by atoms with Gasteiger partial charge in [0.1, 0.15) is 6.61 Å². The highest BCUT2D eigenvalue weighted by atomic mass is 35.5. The molecule has 25 heavy (non-hydrogen) atoms. The molecule has 9 heteroatoms. The molecular formula is C16H21Cl2NO5S. The minimum atomic E-state index is -3.35. The molecule has 0 radical (unpaired) electrons. The molecule has 1 rings (SSSR count). The van der Waals surface area contributed by atoms with Crippen molar-refractivity contribution < 1.29 is 23.1 Å². The molecule has 140 valence electrons. The summed E-state index contributed by atoms with van der Waals surface area (Å²) in [6.45, 7) is 0.482. The summed E-state index contributed by atoms with van der Waals surface area (Å²) in [5, 5.41) is 9.47. The molecule has 0 aromatic heterocycles. The number of hydrogen-bond acceptors (Lipinski definition) is 4. The summed E-state index contributed by atoms with van der Waals surface area (Å²) in [7, 11) is -3.35. The van der Waals surface area contributed by atoms with Gasteiger partial charge in [0, 0.05) is 29.7 Å². The number of benzene rings is 1. The van der Waals surface area contributed by atoms with Gasteiger partial charge in [-0.05, 0) is 36.6 Å². The predicted octanol–water partition coefficient (Wildman–Crippen LogP) is 3.15. The van der Waals surface area contributed by atoms with Crippen LogP contribution in [0.4, 0.5) is 0 Å². The van der Waals surface area contributed by atoms with Gasteiger partial charge in [-0.1, -0.05) is 35.4 Å². The second kappa shape index (κ2) is 10.8. The van der Waals surface area contributed by atoms with E-state index in [0.717, 1.165) is 11.8 Å². The van der Waals surface area contributed by atoms with Gasteiger partial charge in [-0.2, -0.15) is 4.31 Å². The quantitative estimate of drug-likeness (QED) is 0.567. The third-order valence-corrected chi connectivity index (χ3v) is 4.85. The Balaban J connectivity index is 2.51. The van der Waals surface area contributed by atoms with Gasteiger partial charge in [-0.3, -0.25) is 0 Å². The molecule has 6 nitrogen and oxygen atoms in total. The Labute approximate surface area is 158 Å². The summed E-state index contributed by atoms with van der Waals surface area (Å²) in [5.74, 6) is -1.02. The van der Waals surface area contributed by atoms with Crippen LogP contribution in [0.3, 0.4) is 0 Å². The number of aliphatic carboxylic acids is 1. The van der Waals surface area contributed by atoms with E-state index in [0.29, 0.717) is 29.4 Å². The first-order chi connectivity index (χ1) is 11.7. The first-order valence-electron chi connectivity index (χ1n) is 7.56. The molecule has 0 aliphatic rings. The van der Waals surface area contributed by atoms with E-state index in [1.54, 1.807) is 30.4 Å². The molecule has 1 N–H and O–H groups in total. The maximum atomic E-state index is 11.8. The third kappa shape index (κ3) is 9.81. The fourth-order valence-electron chi connectivity index (χ4n) is 2.02. The standard InChI is InChI=1S/C16H21Cl2NO5S/c1-25(22,23)19(6-2-3-8-24-12-16(20)21)7-4-5-13-9-14(17)11-15(18)10-13/h4-5,9-11H,2-3,6-8,12H2,1H3,(H,20,21)/b5-4+. The third-order valence-electron chi connectivity index (χ3n) is 3.14. The Morgan fingerprint density at radius 2 is 1.88 bits per heavy atom. The van der Waals surface area contributed by atoms with E-state index in [4.69, 9.17) is 33.0 Å². The van der Waals surface area contributed by atoms with Crippen LogP contribution in [-0.4, -0.2) is 56.4 Å². The van der Waals surface area contributed by atoms with E-state index in [2.05, 4.69) is 0 Å². The van der Waals surface area contributed by atoms with Crippen LogP contribution < -0.4 is 0 Å². The summed E-state index contributed by atoms with van der Waals surface area (Å²) in [4.78, 5) is 10.3. The van der Waals surface area contributed by atoms with Crippen molar-refractivity contribution in [1.82, 2.24) is 4.31 Å². The van der Waals surface area contributed by atoms with Crippen molar-refractivity contribution >= 4 is 45.3 Å². The van der Waals surface area contributed by atoms with Crippen molar-refractivity contribution in [3.05, 3.63) is 39.9 Å². The fourth-order valence-corrected chi connectivity index (χ4v) is 3.38. The largest absolute Gasteiger partial charge is 0.480 e. The second-order valence-electron chi connectivity index (χ2n) is 5.38. The van der Waals surface area contributed by atoms with Gasteiger partial charge in [-0.15, -0.1) is 0 Å². The van der Waals surface area contributed by atoms with Crippen LogP contribution >= 0.6 is 23.2 Å². The van der Waals surface area contributed by atoms with Gasteiger partial charge in [-0.25, -0.2) is 13.2 Å². The second-order valence-corrected chi connectivity index (χ2v) is 8.23. The Hall–Kier alpha value is -1.12. The molecule has 0 aliphatic heterocycles. The van der Waals surface area contributed by atoms with Crippen molar-refractivity contribution in [3.8, 4) is 0 Å². The lowest BCUT2D eigenvalue weighted by Crippen LogP contribution is -2.31.